The standard InChI is InChI=1S/C23H32N4O4/c1-24(2)21(30)27-15-22(23(16-27)11-12-25(3)20(23)29)9-13-26(14-10-22)19(28)17-5-7-18(31-4)8-6-17/h5-8H,9-16H2,1-4H3. The zero-order valence-electron chi connectivity index (χ0n) is 18.9. The van der Waals surface area contributed by atoms with Crippen LogP contribution in [0, 0.1) is 10.8 Å². The zero-order valence-corrected chi connectivity index (χ0v) is 18.9. The van der Waals surface area contributed by atoms with E-state index in [1.54, 1.807) is 55.3 Å². The van der Waals surface area contributed by atoms with Gasteiger partial charge in [-0.25, -0.2) is 4.79 Å². The molecule has 3 fully saturated rings. The predicted octanol–water partition coefficient (Wildman–Crippen LogP) is 1.76. The summed E-state index contributed by atoms with van der Waals surface area (Å²) >= 11 is 0. The van der Waals surface area contributed by atoms with Crippen molar-refractivity contribution in [3.05, 3.63) is 29.8 Å². The van der Waals surface area contributed by atoms with Gasteiger partial charge in [0.05, 0.1) is 12.5 Å². The van der Waals surface area contributed by atoms with Crippen molar-refractivity contribution in [3.63, 3.8) is 0 Å². The van der Waals surface area contributed by atoms with Crippen LogP contribution in [0.2, 0.25) is 0 Å². The summed E-state index contributed by atoms with van der Waals surface area (Å²) in [7, 11) is 6.95. The van der Waals surface area contributed by atoms with Crippen LogP contribution in [0.15, 0.2) is 24.3 Å². The summed E-state index contributed by atoms with van der Waals surface area (Å²) in [6.07, 6.45) is 2.23. The van der Waals surface area contributed by atoms with Crippen molar-refractivity contribution in [1.82, 2.24) is 19.6 Å². The van der Waals surface area contributed by atoms with Crippen molar-refractivity contribution < 1.29 is 19.1 Å². The van der Waals surface area contributed by atoms with Gasteiger partial charge in [0.25, 0.3) is 5.91 Å². The highest BCUT2D eigenvalue weighted by Crippen LogP contribution is 2.57. The number of amides is 4. The normalized spacial score (nSPS) is 24.9. The summed E-state index contributed by atoms with van der Waals surface area (Å²) in [6.45, 7) is 2.95. The van der Waals surface area contributed by atoms with Gasteiger partial charge in [-0.15, -0.1) is 0 Å². The highest BCUT2D eigenvalue weighted by Gasteiger charge is 2.65. The molecule has 1 aromatic carbocycles. The van der Waals surface area contributed by atoms with Gasteiger partial charge < -0.3 is 24.3 Å². The van der Waals surface area contributed by atoms with E-state index in [1.807, 2.05) is 16.8 Å². The molecule has 0 aliphatic carbocycles. The maximum Gasteiger partial charge on any atom is 0.319 e. The van der Waals surface area contributed by atoms with E-state index in [9.17, 15) is 14.4 Å². The van der Waals surface area contributed by atoms with Crippen molar-refractivity contribution in [1.29, 1.82) is 0 Å². The number of piperidine rings is 1. The van der Waals surface area contributed by atoms with Gasteiger partial charge in [0.15, 0.2) is 0 Å². The Hall–Kier alpha value is -2.77. The first-order valence-corrected chi connectivity index (χ1v) is 10.9. The van der Waals surface area contributed by atoms with Crippen LogP contribution < -0.4 is 4.74 Å². The van der Waals surface area contributed by atoms with Crippen LogP contribution in [-0.4, -0.2) is 98.4 Å². The molecule has 1 atom stereocenters. The molecule has 1 aromatic rings. The van der Waals surface area contributed by atoms with Gasteiger partial charge in [0.1, 0.15) is 5.75 Å². The van der Waals surface area contributed by atoms with Crippen LogP contribution in [0.1, 0.15) is 29.6 Å². The Morgan fingerprint density at radius 2 is 1.61 bits per heavy atom. The lowest BCUT2D eigenvalue weighted by atomic mass is 9.60. The van der Waals surface area contributed by atoms with Gasteiger partial charge in [-0.3, -0.25) is 9.59 Å². The summed E-state index contributed by atoms with van der Waals surface area (Å²) in [4.78, 5) is 46.2. The van der Waals surface area contributed by atoms with E-state index >= 15 is 0 Å². The number of rotatable bonds is 2. The second-order valence-electron chi connectivity index (χ2n) is 9.39. The molecule has 4 amide bonds. The minimum atomic E-state index is -0.539. The van der Waals surface area contributed by atoms with Crippen LogP contribution in [0.4, 0.5) is 4.79 Å². The van der Waals surface area contributed by atoms with Gasteiger partial charge in [0.2, 0.25) is 5.91 Å². The predicted molar refractivity (Wildman–Crippen MR) is 116 cm³/mol. The maximum atomic E-state index is 13.3. The van der Waals surface area contributed by atoms with Crippen LogP contribution in [-0.2, 0) is 4.79 Å². The molecule has 3 aliphatic rings. The van der Waals surface area contributed by atoms with Crippen LogP contribution in [0.3, 0.4) is 0 Å². The molecular formula is C23H32N4O4. The minimum absolute atomic E-state index is 0.000593. The lowest BCUT2D eigenvalue weighted by molar-refractivity contribution is -0.141. The van der Waals surface area contributed by atoms with E-state index in [-0.39, 0.29) is 23.3 Å². The quantitative estimate of drug-likeness (QED) is 0.720. The first-order valence-electron chi connectivity index (χ1n) is 10.9. The Morgan fingerprint density at radius 3 is 2.13 bits per heavy atom. The number of hydrogen-bond acceptors (Lipinski definition) is 4. The molecule has 0 saturated carbocycles. The van der Waals surface area contributed by atoms with Crippen molar-refractivity contribution in [2.75, 3.05) is 61.0 Å². The lowest BCUT2D eigenvalue weighted by Gasteiger charge is -2.46. The number of carbonyl (C=O) groups is 3. The molecule has 8 heteroatoms. The molecule has 3 saturated heterocycles. The third-order valence-corrected chi connectivity index (χ3v) is 7.60. The van der Waals surface area contributed by atoms with E-state index in [1.165, 1.54) is 0 Å². The van der Waals surface area contributed by atoms with Gasteiger partial charge in [-0.1, -0.05) is 0 Å². The van der Waals surface area contributed by atoms with Crippen LogP contribution >= 0.6 is 0 Å². The van der Waals surface area contributed by atoms with E-state index in [0.29, 0.717) is 31.7 Å². The second kappa shape index (κ2) is 7.73. The van der Waals surface area contributed by atoms with Crippen molar-refractivity contribution in [2.24, 2.45) is 10.8 Å². The lowest BCUT2D eigenvalue weighted by Crippen LogP contribution is -2.53. The van der Waals surface area contributed by atoms with Gasteiger partial charge in [-0.05, 0) is 43.5 Å². The molecule has 0 bridgehead atoms. The van der Waals surface area contributed by atoms with Crippen molar-refractivity contribution in [2.45, 2.75) is 19.3 Å². The Balaban J connectivity index is 1.55. The molecule has 8 nitrogen and oxygen atoms in total. The Labute approximate surface area is 183 Å². The maximum absolute atomic E-state index is 13.3. The number of carbonyl (C=O) groups excluding carboxylic acids is 3. The van der Waals surface area contributed by atoms with Crippen LogP contribution in [0.25, 0.3) is 0 Å². The third kappa shape index (κ3) is 3.32. The molecule has 1 unspecified atom stereocenters. The van der Waals surface area contributed by atoms with Gasteiger partial charge in [0, 0.05) is 64.8 Å². The van der Waals surface area contributed by atoms with Gasteiger partial charge in [-0.2, -0.15) is 0 Å². The number of nitrogens with zero attached hydrogens (tertiary/aromatic N) is 4. The summed E-state index contributed by atoms with van der Waals surface area (Å²) in [5.41, 5.74) is -0.182. The molecule has 0 N–H and O–H groups in total. The van der Waals surface area contributed by atoms with Crippen molar-refractivity contribution >= 4 is 17.8 Å². The molecule has 4 rings (SSSR count). The number of ether oxygens (including phenoxy) is 1. The Kier molecular flexibility index (Phi) is 5.35. The Bertz CT molecular complexity index is 876. The number of likely N-dealkylation sites (tertiary alicyclic amines) is 3. The van der Waals surface area contributed by atoms with E-state index < -0.39 is 5.41 Å². The number of benzene rings is 1. The molecule has 31 heavy (non-hydrogen) atoms. The Morgan fingerprint density at radius 1 is 0.968 bits per heavy atom. The SMILES string of the molecule is COc1ccc(C(=O)N2CCC3(CC2)CN(C(=O)N(C)C)CC32CCN(C)C2=O)cc1. The summed E-state index contributed by atoms with van der Waals surface area (Å²) in [6, 6.07) is 7.12. The number of hydrogen-bond donors (Lipinski definition) is 0. The fraction of sp³-hybridized carbons (Fsp3) is 0.609. The topological polar surface area (TPSA) is 73.4 Å². The molecule has 168 valence electrons. The first-order chi connectivity index (χ1) is 14.7. The largest absolute Gasteiger partial charge is 0.497 e. The molecule has 0 aromatic heterocycles. The fourth-order valence-electron chi connectivity index (χ4n) is 5.75. The molecule has 0 radical (unpaired) electrons. The van der Waals surface area contributed by atoms with Crippen LogP contribution in [0.5, 0.6) is 5.75 Å². The van der Waals surface area contributed by atoms with E-state index in [2.05, 4.69) is 0 Å². The van der Waals surface area contributed by atoms with E-state index in [4.69, 9.17) is 4.74 Å². The molecular weight excluding hydrogens is 396 g/mol. The monoisotopic (exact) mass is 428 g/mol. The van der Waals surface area contributed by atoms with Gasteiger partial charge >= 0.3 is 6.03 Å². The summed E-state index contributed by atoms with van der Waals surface area (Å²) < 4.78 is 5.18. The molecule has 3 heterocycles. The highest BCUT2D eigenvalue weighted by atomic mass is 16.5. The average Bonchev–Trinajstić information content (AvgIpc) is 3.25. The minimum Gasteiger partial charge on any atom is -0.497 e. The smallest absolute Gasteiger partial charge is 0.319 e. The average molecular weight is 429 g/mol. The zero-order chi connectivity index (χ0) is 22.4. The molecule has 2 spiro atoms. The fourth-order valence-corrected chi connectivity index (χ4v) is 5.75. The second-order valence-corrected chi connectivity index (χ2v) is 9.39. The number of urea groups is 1. The molecule has 3 aliphatic heterocycles. The third-order valence-electron chi connectivity index (χ3n) is 7.60. The summed E-state index contributed by atoms with van der Waals surface area (Å²) in [5.74, 6) is 0.869. The number of fused-ring (bicyclic) bond motifs is 1. The highest BCUT2D eigenvalue weighted by molar-refractivity contribution is 5.94. The first kappa shape index (κ1) is 21.5. The van der Waals surface area contributed by atoms with Crippen molar-refractivity contribution in [3.8, 4) is 5.75 Å². The summed E-state index contributed by atoms with van der Waals surface area (Å²) in [5, 5.41) is 0. The van der Waals surface area contributed by atoms with E-state index in [0.717, 1.165) is 31.6 Å². The number of methoxy groups -OCH3 is 1.